The van der Waals surface area contributed by atoms with Crippen molar-refractivity contribution in [1.82, 2.24) is 14.7 Å². The van der Waals surface area contributed by atoms with Gasteiger partial charge in [0.15, 0.2) is 11.6 Å². The number of hydrogen-bond donors (Lipinski definition) is 0. The molecule has 146 valence electrons. The van der Waals surface area contributed by atoms with Crippen molar-refractivity contribution in [2.45, 2.75) is 19.9 Å². The van der Waals surface area contributed by atoms with Gasteiger partial charge >= 0.3 is 0 Å². The number of aromatic nitrogens is 2. The van der Waals surface area contributed by atoms with Crippen LogP contribution < -0.4 is 4.74 Å². The fourth-order valence-electron chi connectivity index (χ4n) is 2.88. The number of hydrogen-bond acceptors (Lipinski definition) is 3. The van der Waals surface area contributed by atoms with Gasteiger partial charge in [0.05, 0.1) is 12.8 Å². The molecule has 1 amide bonds. The lowest BCUT2D eigenvalue weighted by molar-refractivity contribution is 0.0787. The van der Waals surface area contributed by atoms with Crippen LogP contribution in [-0.2, 0) is 6.54 Å². The monoisotopic (exact) mass is 381 g/mol. The molecular weight excluding hydrogens is 357 g/mol. The second kappa shape index (κ2) is 9.17. The summed E-state index contributed by atoms with van der Waals surface area (Å²) in [5, 5.41) is 4.28. The van der Waals surface area contributed by atoms with Crippen LogP contribution >= 0.6 is 0 Å². The summed E-state index contributed by atoms with van der Waals surface area (Å²) in [6.45, 7) is 3.69. The molecule has 1 heterocycles. The molecule has 0 unspecified atom stereocenters. The zero-order valence-electron chi connectivity index (χ0n) is 16.1. The van der Waals surface area contributed by atoms with Gasteiger partial charge in [0, 0.05) is 37.5 Å². The first kappa shape index (κ1) is 19.6. The highest BCUT2D eigenvalue weighted by Gasteiger charge is 2.13. The molecule has 0 saturated heterocycles. The van der Waals surface area contributed by atoms with Crippen LogP contribution in [0.4, 0.5) is 4.39 Å². The predicted octanol–water partition coefficient (Wildman–Crippen LogP) is 4.25. The number of aryl methyl sites for hydroxylation is 1. The number of ether oxygens (including phenoxy) is 1. The Hall–Kier alpha value is -3.15. The summed E-state index contributed by atoms with van der Waals surface area (Å²) in [6, 6.07) is 13.8. The van der Waals surface area contributed by atoms with Crippen molar-refractivity contribution >= 4 is 5.91 Å². The summed E-state index contributed by atoms with van der Waals surface area (Å²) < 4.78 is 20.8. The summed E-state index contributed by atoms with van der Waals surface area (Å²) in [4.78, 5) is 14.4. The number of benzene rings is 2. The van der Waals surface area contributed by atoms with Gasteiger partial charge in [-0.05, 0) is 43.2 Å². The van der Waals surface area contributed by atoms with Crippen molar-refractivity contribution < 1.29 is 13.9 Å². The quantitative estimate of drug-likeness (QED) is 0.548. The smallest absolute Gasteiger partial charge is 0.253 e. The number of amides is 1. The van der Waals surface area contributed by atoms with Gasteiger partial charge in [0.2, 0.25) is 0 Å². The number of para-hydroxylation sites is 1. The number of nitrogens with zero attached hydrogens (tertiary/aromatic N) is 3. The van der Waals surface area contributed by atoms with Crippen LogP contribution in [0, 0.1) is 5.82 Å². The third-order valence-electron chi connectivity index (χ3n) is 4.48. The Morgan fingerprint density at radius 1 is 1.18 bits per heavy atom. The Kier molecular flexibility index (Phi) is 6.42. The molecular formula is C22H24FN3O2. The first-order valence-corrected chi connectivity index (χ1v) is 9.34. The highest BCUT2D eigenvalue weighted by molar-refractivity contribution is 5.95. The fraction of sp³-hybridized carbons (Fsp3) is 0.273. The highest BCUT2D eigenvalue weighted by Crippen LogP contribution is 2.21. The number of carbonyl (C=O) groups excluding carboxylic acids is 1. The van der Waals surface area contributed by atoms with Crippen LogP contribution in [0.2, 0.25) is 0 Å². The van der Waals surface area contributed by atoms with Gasteiger partial charge in [0.1, 0.15) is 0 Å². The molecule has 0 bridgehead atoms. The van der Waals surface area contributed by atoms with E-state index in [1.165, 1.54) is 6.07 Å². The number of halogens is 1. The first-order chi connectivity index (χ1) is 13.6. The van der Waals surface area contributed by atoms with Crippen LogP contribution in [0.25, 0.3) is 11.1 Å². The van der Waals surface area contributed by atoms with Crippen molar-refractivity contribution in [1.29, 1.82) is 0 Å². The van der Waals surface area contributed by atoms with Gasteiger partial charge in [0.25, 0.3) is 5.91 Å². The molecule has 1 aromatic heterocycles. The molecule has 0 aliphatic rings. The molecule has 0 saturated carbocycles. The van der Waals surface area contributed by atoms with E-state index in [0.29, 0.717) is 25.1 Å². The first-order valence-electron chi connectivity index (χ1n) is 9.34. The molecule has 5 nitrogen and oxygen atoms in total. The Morgan fingerprint density at radius 3 is 2.75 bits per heavy atom. The average molecular weight is 381 g/mol. The van der Waals surface area contributed by atoms with E-state index in [-0.39, 0.29) is 17.5 Å². The molecule has 28 heavy (non-hydrogen) atoms. The topological polar surface area (TPSA) is 47.4 Å². The maximum Gasteiger partial charge on any atom is 0.253 e. The molecule has 0 aliphatic heterocycles. The Labute approximate surface area is 164 Å². The fourth-order valence-corrected chi connectivity index (χ4v) is 2.88. The largest absolute Gasteiger partial charge is 0.490 e. The molecule has 0 radical (unpaired) electrons. The standard InChI is InChI=1S/C22H24FN3O2/c1-3-26-16-19(15-24-26)17-8-6-9-18(14-17)22(27)25(2)12-7-13-28-21-11-5-4-10-20(21)23/h4-6,8-11,14-16H,3,7,12-13H2,1-2H3. The van der Waals surface area contributed by atoms with Gasteiger partial charge in [-0.25, -0.2) is 4.39 Å². The predicted molar refractivity (Wildman–Crippen MR) is 107 cm³/mol. The van der Waals surface area contributed by atoms with Crippen molar-refractivity contribution in [3.05, 3.63) is 72.3 Å². The summed E-state index contributed by atoms with van der Waals surface area (Å²) >= 11 is 0. The minimum Gasteiger partial charge on any atom is -0.490 e. The lowest BCUT2D eigenvalue weighted by Crippen LogP contribution is -2.28. The second-order valence-electron chi connectivity index (χ2n) is 6.52. The molecule has 0 fully saturated rings. The van der Waals surface area contributed by atoms with E-state index >= 15 is 0 Å². The lowest BCUT2D eigenvalue weighted by Gasteiger charge is -2.18. The molecule has 6 heteroatoms. The van der Waals surface area contributed by atoms with Gasteiger partial charge in [-0.2, -0.15) is 5.10 Å². The molecule has 0 spiro atoms. The molecule has 0 atom stereocenters. The Balaban J connectivity index is 1.56. The highest BCUT2D eigenvalue weighted by atomic mass is 19.1. The van der Waals surface area contributed by atoms with Crippen LogP contribution in [0.3, 0.4) is 0 Å². The molecule has 3 rings (SSSR count). The maximum atomic E-state index is 13.5. The Morgan fingerprint density at radius 2 is 2.00 bits per heavy atom. The van der Waals surface area contributed by atoms with E-state index in [9.17, 15) is 9.18 Å². The Bertz CT molecular complexity index is 939. The summed E-state index contributed by atoms with van der Waals surface area (Å²) in [5.41, 5.74) is 2.57. The molecule has 0 aliphatic carbocycles. The second-order valence-corrected chi connectivity index (χ2v) is 6.52. The lowest BCUT2D eigenvalue weighted by atomic mass is 10.1. The molecule has 2 aromatic carbocycles. The number of carbonyl (C=O) groups is 1. The van der Waals surface area contributed by atoms with E-state index < -0.39 is 0 Å². The summed E-state index contributed by atoms with van der Waals surface area (Å²) in [5.74, 6) is -0.206. The van der Waals surface area contributed by atoms with E-state index in [1.807, 2.05) is 42.1 Å². The van der Waals surface area contributed by atoms with Crippen molar-refractivity contribution in [3.8, 4) is 16.9 Å². The van der Waals surface area contributed by atoms with Crippen molar-refractivity contribution in [3.63, 3.8) is 0 Å². The third-order valence-corrected chi connectivity index (χ3v) is 4.48. The number of rotatable bonds is 8. The van der Waals surface area contributed by atoms with Gasteiger partial charge in [-0.3, -0.25) is 9.48 Å². The van der Waals surface area contributed by atoms with Gasteiger partial charge < -0.3 is 9.64 Å². The zero-order chi connectivity index (χ0) is 19.9. The van der Waals surface area contributed by atoms with E-state index in [1.54, 1.807) is 36.3 Å². The van der Waals surface area contributed by atoms with E-state index in [4.69, 9.17) is 4.74 Å². The van der Waals surface area contributed by atoms with Crippen molar-refractivity contribution in [2.24, 2.45) is 0 Å². The third kappa shape index (κ3) is 4.76. The van der Waals surface area contributed by atoms with E-state index in [2.05, 4.69) is 5.10 Å². The van der Waals surface area contributed by atoms with Crippen LogP contribution in [0.5, 0.6) is 5.75 Å². The van der Waals surface area contributed by atoms with Gasteiger partial charge in [-0.15, -0.1) is 0 Å². The SMILES string of the molecule is CCn1cc(-c2cccc(C(=O)N(C)CCCOc3ccccc3F)c2)cn1. The summed E-state index contributed by atoms with van der Waals surface area (Å²) in [7, 11) is 1.76. The zero-order valence-corrected chi connectivity index (χ0v) is 16.1. The van der Waals surface area contributed by atoms with Gasteiger partial charge in [-0.1, -0.05) is 24.3 Å². The van der Waals surface area contributed by atoms with Crippen LogP contribution in [0.15, 0.2) is 60.9 Å². The van der Waals surface area contributed by atoms with Crippen molar-refractivity contribution in [2.75, 3.05) is 20.2 Å². The minimum atomic E-state index is -0.379. The van der Waals surface area contributed by atoms with E-state index in [0.717, 1.165) is 17.7 Å². The maximum absolute atomic E-state index is 13.5. The minimum absolute atomic E-state index is 0.0596. The van der Waals surface area contributed by atoms with Crippen LogP contribution in [-0.4, -0.2) is 40.8 Å². The molecule has 3 aromatic rings. The molecule has 0 N–H and O–H groups in total. The van der Waals surface area contributed by atoms with Crippen LogP contribution in [0.1, 0.15) is 23.7 Å². The normalized spacial score (nSPS) is 10.7. The average Bonchev–Trinajstić information content (AvgIpc) is 3.21. The summed E-state index contributed by atoms with van der Waals surface area (Å²) in [6.07, 6.45) is 4.38.